The van der Waals surface area contributed by atoms with Gasteiger partial charge in [-0.15, -0.1) is 0 Å². The molecule has 3 N–H and O–H groups in total. The molecule has 0 saturated heterocycles. The molecule has 0 atom stereocenters. The van der Waals surface area contributed by atoms with Crippen LogP contribution < -0.4 is 11.1 Å². The maximum atomic E-state index is 11.3. The van der Waals surface area contributed by atoms with Gasteiger partial charge < -0.3 is 11.1 Å². The average molecular weight is 254 g/mol. The molecule has 98 valence electrons. The first-order valence-corrected chi connectivity index (χ1v) is 6.22. The normalized spacial score (nSPS) is 10.3. The molecule has 0 aliphatic carbocycles. The standard InChI is InChI=1S/C16H18N2O/c1-10-4-5-11(2)16(8-10)18-15-7-6-13(12(3)19)9-14(15)17/h4-9,18H,17H2,1-3H3. The number of nitrogens with two attached hydrogens (primary N) is 1. The summed E-state index contributed by atoms with van der Waals surface area (Å²) in [4.78, 5) is 11.3. The number of hydrogen-bond acceptors (Lipinski definition) is 3. The minimum absolute atomic E-state index is 0.0185. The van der Waals surface area contributed by atoms with E-state index in [0.29, 0.717) is 11.3 Å². The van der Waals surface area contributed by atoms with Crippen molar-refractivity contribution in [3.63, 3.8) is 0 Å². The summed E-state index contributed by atoms with van der Waals surface area (Å²) in [6.45, 7) is 5.63. The van der Waals surface area contributed by atoms with E-state index in [-0.39, 0.29) is 5.78 Å². The number of carbonyl (C=O) groups is 1. The lowest BCUT2D eigenvalue weighted by Gasteiger charge is -2.13. The summed E-state index contributed by atoms with van der Waals surface area (Å²) >= 11 is 0. The Bertz CT molecular complexity index is 633. The second-order valence-corrected chi connectivity index (χ2v) is 4.80. The van der Waals surface area contributed by atoms with E-state index in [1.807, 2.05) is 19.9 Å². The Balaban J connectivity index is 2.33. The molecular weight excluding hydrogens is 236 g/mol. The summed E-state index contributed by atoms with van der Waals surface area (Å²) in [5.74, 6) is 0.0185. The van der Waals surface area contributed by atoms with E-state index >= 15 is 0 Å². The topological polar surface area (TPSA) is 55.1 Å². The number of hydrogen-bond donors (Lipinski definition) is 2. The Labute approximate surface area is 113 Å². The van der Waals surface area contributed by atoms with E-state index < -0.39 is 0 Å². The van der Waals surface area contributed by atoms with Gasteiger partial charge in [0.05, 0.1) is 11.4 Å². The van der Waals surface area contributed by atoms with Crippen LogP contribution in [0.5, 0.6) is 0 Å². The van der Waals surface area contributed by atoms with E-state index in [4.69, 9.17) is 5.73 Å². The molecule has 0 unspecified atom stereocenters. The zero-order chi connectivity index (χ0) is 14.0. The Morgan fingerprint density at radius 3 is 2.42 bits per heavy atom. The van der Waals surface area contributed by atoms with Crippen LogP contribution in [0.3, 0.4) is 0 Å². The maximum Gasteiger partial charge on any atom is 0.159 e. The number of nitrogen functional groups attached to an aromatic ring is 1. The Hall–Kier alpha value is -2.29. The van der Waals surface area contributed by atoms with Crippen LogP contribution in [0.15, 0.2) is 36.4 Å². The molecule has 0 bridgehead atoms. The zero-order valence-corrected chi connectivity index (χ0v) is 11.4. The summed E-state index contributed by atoms with van der Waals surface area (Å²) in [5, 5.41) is 3.31. The van der Waals surface area contributed by atoms with Crippen LogP contribution in [-0.4, -0.2) is 5.78 Å². The SMILES string of the molecule is CC(=O)c1ccc(Nc2cc(C)ccc2C)c(N)c1. The maximum absolute atomic E-state index is 11.3. The van der Waals surface area contributed by atoms with Crippen molar-refractivity contribution in [1.82, 2.24) is 0 Å². The number of benzene rings is 2. The number of Topliss-reactive ketones (excluding diaryl/α,β-unsaturated/α-hetero) is 1. The van der Waals surface area contributed by atoms with Gasteiger partial charge in [-0.25, -0.2) is 0 Å². The highest BCUT2D eigenvalue weighted by atomic mass is 16.1. The van der Waals surface area contributed by atoms with Gasteiger partial charge in [-0.2, -0.15) is 0 Å². The lowest BCUT2D eigenvalue weighted by atomic mass is 10.1. The lowest BCUT2D eigenvalue weighted by molar-refractivity contribution is 0.101. The van der Waals surface area contributed by atoms with Gasteiger partial charge in [-0.1, -0.05) is 12.1 Å². The molecule has 3 heteroatoms. The first kappa shape index (κ1) is 13.1. The summed E-state index contributed by atoms with van der Waals surface area (Å²) in [5.41, 5.74) is 11.4. The van der Waals surface area contributed by atoms with E-state index in [1.54, 1.807) is 12.1 Å². The number of carbonyl (C=O) groups excluding carboxylic acids is 1. The van der Waals surface area contributed by atoms with Gasteiger partial charge in [0.25, 0.3) is 0 Å². The summed E-state index contributed by atoms with van der Waals surface area (Å²) in [6.07, 6.45) is 0. The smallest absolute Gasteiger partial charge is 0.159 e. The molecular formula is C16H18N2O. The first-order chi connectivity index (χ1) is 8.97. The third kappa shape index (κ3) is 2.94. The summed E-state index contributed by atoms with van der Waals surface area (Å²) < 4.78 is 0. The predicted molar refractivity (Wildman–Crippen MR) is 80.1 cm³/mol. The van der Waals surface area contributed by atoms with Crippen molar-refractivity contribution < 1.29 is 4.79 Å². The number of aryl methyl sites for hydroxylation is 2. The van der Waals surface area contributed by atoms with Gasteiger partial charge in [-0.3, -0.25) is 4.79 Å². The fourth-order valence-corrected chi connectivity index (χ4v) is 1.91. The van der Waals surface area contributed by atoms with Crippen molar-refractivity contribution in [2.45, 2.75) is 20.8 Å². The zero-order valence-electron chi connectivity index (χ0n) is 11.4. The van der Waals surface area contributed by atoms with Gasteiger partial charge in [0.15, 0.2) is 5.78 Å². The molecule has 0 aliphatic rings. The quantitative estimate of drug-likeness (QED) is 0.646. The minimum Gasteiger partial charge on any atom is -0.397 e. The Morgan fingerprint density at radius 2 is 1.79 bits per heavy atom. The van der Waals surface area contributed by atoms with Crippen LogP contribution in [0.2, 0.25) is 0 Å². The monoisotopic (exact) mass is 254 g/mol. The molecule has 2 rings (SSSR count). The molecule has 2 aromatic carbocycles. The van der Waals surface area contributed by atoms with Crippen molar-refractivity contribution in [3.05, 3.63) is 53.1 Å². The third-order valence-corrected chi connectivity index (χ3v) is 3.12. The highest BCUT2D eigenvalue weighted by Crippen LogP contribution is 2.27. The predicted octanol–water partition coefficient (Wildman–Crippen LogP) is 3.83. The summed E-state index contributed by atoms with van der Waals surface area (Å²) in [7, 11) is 0. The van der Waals surface area contributed by atoms with E-state index in [1.165, 1.54) is 12.5 Å². The van der Waals surface area contributed by atoms with Gasteiger partial charge in [-0.05, 0) is 56.2 Å². The highest BCUT2D eigenvalue weighted by Gasteiger charge is 2.06. The molecule has 19 heavy (non-hydrogen) atoms. The van der Waals surface area contributed by atoms with E-state index in [0.717, 1.165) is 16.9 Å². The van der Waals surface area contributed by atoms with Gasteiger partial charge in [0.1, 0.15) is 0 Å². The number of nitrogens with one attached hydrogen (secondary N) is 1. The number of anilines is 3. The largest absolute Gasteiger partial charge is 0.397 e. The molecule has 0 aliphatic heterocycles. The van der Waals surface area contributed by atoms with Crippen LogP contribution in [-0.2, 0) is 0 Å². The van der Waals surface area contributed by atoms with Crippen LogP contribution in [0.4, 0.5) is 17.1 Å². The molecule has 0 saturated carbocycles. The molecule has 0 amide bonds. The molecule has 0 heterocycles. The molecule has 3 nitrogen and oxygen atoms in total. The van der Waals surface area contributed by atoms with E-state index in [2.05, 4.69) is 23.5 Å². The van der Waals surface area contributed by atoms with Crippen molar-refractivity contribution in [2.75, 3.05) is 11.1 Å². The first-order valence-electron chi connectivity index (χ1n) is 6.22. The van der Waals surface area contributed by atoms with E-state index in [9.17, 15) is 4.79 Å². The molecule has 0 radical (unpaired) electrons. The average Bonchev–Trinajstić information content (AvgIpc) is 2.36. The van der Waals surface area contributed by atoms with Crippen LogP contribution in [0.1, 0.15) is 28.4 Å². The van der Waals surface area contributed by atoms with Gasteiger partial charge in [0.2, 0.25) is 0 Å². The number of rotatable bonds is 3. The van der Waals surface area contributed by atoms with Crippen molar-refractivity contribution >= 4 is 22.8 Å². The second kappa shape index (κ2) is 5.14. The van der Waals surface area contributed by atoms with Crippen LogP contribution >= 0.6 is 0 Å². The van der Waals surface area contributed by atoms with Crippen LogP contribution in [0.25, 0.3) is 0 Å². The minimum atomic E-state index is 0.0185. The fraction of sp³-hybridized carbons (Fsp3) is 0.188. The van der Waals surface area contributed by atoms with Gasteiger partial charge >= 0.3 is 0 Å². The molecule has 0 fully saturated rings. The Kier molecular flexibility index (Phi) is 3.56. The fourth-order valence-electron chi connectivity index (χ4n) is 1.91. The second-order valence-electron chi connectivity index (χ2n) is 4.80. The van der Waals surface area contributed by atoms with Crippen molar-refractivity contribution in [1.29, 1.82) is 0 Å². The molecule has 2 aromatic rings. The number of ketones is 1. The van der Waals surface area contributed by atoms with Gasteiger partial charge in [0, 0.05) is 11.3 Å². The van der Waals surface area contributed by atoms with Crippen molar-refractivity contribution in [3.8, 4) is 0 Å². The molecule has 0 spiro atoms. The summed E-state index contributed by atoms with van der Waals surface area (Å²) in [6, 6.07) is 11.5. The highest BCUT2D eigenvalue weighted by molar-refractivity contribution is 5.96. The van der Waals surface area contributed by atoms with Crippen LogP contribution in [0, 0.1) is 13.8 Å². The third-order valence-electron chi connectivity index (χ3n) is 3.12. The van der Waals surface area contributed by atoms with Crippen molar-refractivity contribution in [2.24, 2.45) is 0 Å². The Morgan fingerprint density at radius 1 is 1.05 bits per heavy atom. The lowest BCUT2D eigenvalue weighted by Crippen LogP contribution is -2.01. The molecule has 0 aromatic heterocycles.